The number of hydrogen-bond acceptors (Lipinski definition) is 1. The molecule has 4 aliphatic carbocycles. The number of aliphatic hydroxyl groups is 1. The zero-order chi connectivity index (χ0) is 20.9. The van der Waals surface area contributed by atoms with Crippen molar-refractivity contribution in [1.82, 2.24) is 0 Å². The molecule has 6 unspecified atom stereocenters. The SMILES string of the molecule is CCCC(C)C1CCC2C3CC[C@@]4(O)CC[C@@H](C)CCC4(CC)C3CC[C@]2(C)C1. The van der Waals surface area contributed by atoms with Crippen LogP contribution in [0, 0.1) is 46.3 Å². The van der Waals surface area contributed by atoms with Crippen molar-refractivity contribution in [2.75, 3.05) is 0 Å². The van der Waals surface area contributed by atoms with Gasteiger partial charge in [-0.2, -0.15) is 0 Å². The van der Waals surface area contributed by atoms with E-state index in [9.17, 15) is 5.11 Å². The molecular weight excluding hydrogens is 352 g/mol. The van der Waals surface area contributed by atoms with E-state index in [0.29, 0.717) is 5.41 Å². The van der Waals surface area contributed by atoms with Crippen LogP contribution in [-0.2, 0) is 0 Å². The second-order valence-electron chi connectivity index (χ2n) is 12.6. The van der Waals surface area contributed by atoms with Gasteiger partial charge in [-0.1, -0.05) is 53.9 Å². The fourth-order valence-electron chi connectivity index (χ4n) is 9.55. The summed E-state index contributed by atoms with van der Waals surface area (Å²) >= 11 is 0. The van der Waals surface area contributed by atoms with Crippen LogP contribution in [0.4, 0.5) is 0 Å². The van der Waals surface area contributed by atoms with Crippen molar-refractivity contribution in [2.45, 2.75) is 130 Å². The molecule has 4 rings (SSSR count). The summed E-state index contributed by atoms with van der Waals surface area (Å²) in [7, 11) is 0. The first kappa shape index (κ1) is 22.2. The third-order valence-corrected chi connectivity index (χ3v) is 11.4. The van der Waals surface area contributed by atoms with E-state index in [1.165, 1.54) is 77.0 Å². The van der Waals surface area contributed by atoms with Crippen LogP contribution < -0.4 is 0 Å². The van der Waals surface area contributed by atoms with E-state index >= 15 is 0 Å². The molecule has 4 saturated carbocycles. The van der Waals surface area contributed by atoms with E-state index in [4.69, 9.17) is 0 Å². The summed E-state index contributed by atoms with van der Waals surface area (Å²) in [6.07, 6.45) is 18.6. The zero-order valence-corrected chi connectivity index (χ0v) is 20.3. The first-order valence-electron chi connectivity index (χ1n) is 13.5. The maximum atomic E-state index is 12.0. The first-order chi connectivity index (χ1) is 13.8. The van der Waals surface area contributed by atoms with Crippen LogP contribution >= 0.6 is 0 Å². The second-order valence-corrected chi connectivity index (χ2v) is 12.6. The monoisotopic (exact) mass is 402 g/mol. The second kappa shape index (κ2) is 8.14. The maximum absolute atomic E-state index is 12.0. The van der Waals surface area contributed by atoms with Crippen molar-refractivity contribution in [3.05, 3.63) is 0 Å². The molecule has 168 valence electrons. The maximum Gasteiger partial charge on any atom is 0.0706 e. The summed E-state index contributed by atoms with van der Waals surface area (Å²) in [6.45, 7) is 12.4. The van der Waals surface area contributed by atoms with Gasteiger partial charge in [0.25, 0.3) is 0 Å². The van der Waals surface area contributed by atoms with Gasteiger partial charge >= 0.3 is 0 Å². The van der Waals surface area contributed by atoms with E-state index in [0.717, 1.165) is 48.3 Å². The molecule has 1 nitrogen and oxygen atoms in total. The lowest BCUT2D eigenvalue weighted by Crippen LogP contribution is -2.61. The Morgan fingerprint density at radius 2 is 1.62 bits per heavy atom. The normalized spacial score (nSPS) is 51.3. The number of rotatable bonds is 4. The molecule has 0 saturated heterocycles. The Labute approximate surface area is 181 Å². The predicted octanol–water partition coefficient (Wildman–Crippen LogP) is 8.00. The van der Waals surface area contributed by atoms with Crippen molar-refractivity contribution in [3.8, 4) is 0 Å². The highest BCUT2D eigenvalue weighted by Gasteiger charge is 2.63. The summed E-state index contributed by atoms with van der Waals surface area (Å²) in [5.41, 5.74) is 0.428. The molecule has 4 fully saturated rings. The Morgan fingerprint density at radius 3 is 2.34 bits per heavy atom. The Morgan fingerprint density at radius 1 is 0.897 bits per heavy atom. The van der Waals surface area contributed by atoms with Crippen molar-refractivity contribution in [1.29, 1.82) is 0 Å². The fourth-order valence-corrected chi connectivity index (χ4v) is 9.55. The van der Waals surface area contributed by atoms with Crippen molar-refractivity contribution in [2.24, 2.45) is 46.3 Å². The molecule has 0 heterocycles. The minimum atomic E-state index is -0.367. The van der Waals surface area contributed by atoms with E-state index in [1.54, 1.807) is 0 Å². The van der Waals surface area contributed by atoms with Gasteiger partial charge in [-0.15, -0.1) is 0 Å². The molecule has 4 aliphatic rings. The van der Waals surface area contributed by atoms with Gasteiger partial charge in [-0.25, -0.2) is 0 Å². The third-order valence-electron chi connectivity index (χ3n) is 11.4. The summed E-state index contributed by atoms with van der Waals surface area (Å²) < 4.78 is 0. The molecule has 1 N–H and O–H groups in total. The summed E-state index contributed by atoms with van der Waals surface area (Å²) in [6, 6.07) is 0. The summed E-state index contributed by atoms with van der Waals surface area (Å²) in [5, 5.41) is 12.0. The number of hydrogen-bond donors (Lipinski definition) is 1. The molecule has 0 radical (unpaired) electrons. The van der Waals surface area contributed by atoms with Gasteiger partial charge in [0, 0.05) is 5.41 Å². The minimum absolute atomic E-state index is 0.217. The molecule has 0 aromatic rings. The van der Waals surface area contributed by atoms with Gasteiger partial charge in [-0.3, -0.25) is 0 Å². The van der Waals surface area contributed by atoms with Crippen molar-refractivity contribution < 1.29 is 5.11 Å². The van der Waals surface area contributed by atoms with E-state index < -0.39 is 0 Å². The molecule has 0 aliphatic heterocycles. The van der Waals surface area contributed by atoms with Gasteiger partial charge in [0.05, 0.1) is 5.60 Å². The molecule has 29 heavy (non-hydrogen) atoms. The molecule has 9 atom stereocenters. The third kappa shape index (κ3) is 3.54. The van der Waals surface area contributed by atoms with Crippen LogP contribution in [0.1, 0.15) is 125 Å². The van der Waals surface area contributed by atoms with Crippen LogP contribution in [0.15, 0.2) is 0 Å². The Kier molecular flexibility index (Phi) is 6.22. The first-order valence-corrected chi connectivity index (χ1v) is 13.5. The molecule has 0 spiro atoms. The quantitative estimate of drug-likeness (QED) is 0.505. The van der Waals surface area contributed by atoms with Crippen LogP contribution in [0.5, 0.6) is 0 Å². The van der Waals surface area contributed by atoms with Crippen molar-refractivity contribution in [3.63, 3.8) is 0 Å². The standard InChI is InChI=1S/C28H50O/c1-6-8-21(4)22-9-10-24-23-13-18-28(29)17-12-20(3)11-16-27(28,7-2)25(23)14-15-26(24,5)19-22/h20-25,29H,6-19H2,1-5H3/t20-,21?,22?,23?,24?,25?,26+,27?,28-/m0/s1. The van der Waals surface area contributed by atoms with E-state index in [-0.39, 0.29) is 11.0 Å². The van der Waals surface area contributed by atoms with E-state index in [2.05, 4.69) is 34.6 Å². The molecule has 0 aromatic heterocycles. The van der Waals surface area contributed by atoms with Gasteiger partial charge in [0.1, 0.15) is 0 Å². The lowest BCUT2D eigenvalue weighted by molar-refractivity contribution is -0.207. The average Bonchev–Trinajstić information content (AvgIpc) is 2.84. The zero-order valence-electron chi connectivity index (χ0n) is 20.3. The molecule has 0 amide bonds. The molecule has 1 heteroatoms. The van der Waals surface area contributed by atoms with Gasteiger partial charge in [-0.05, 0) is 112 Å². The molecular formula is C28H50O. The number of fused-ring (bicyclic) bond motifs is 5. The Hall–Kier alpha value is -0.0400. The van der Waals surface area contributed by atoms with E-state index in [1.807, 2.05) is 0 Å². The lowest BCUT2D eigenvalue weighted by atomic mass is 9.41. The van der Waals surface area contributed by atoms with Crippen LogP contribution in [0.25, 0.3) is 0 Å². The van der Waals surface area contributed by atoms with Crippen LogP contribution in [0.3, 0.4) is 0 Å². The van der Waals surface area contributed by atoms with Crippen molar-refractivity contribution >= 4 is 0 Å². The highest BCUT2D eigenvalue weighted by molar-refractivity contribution is 5.13. The van der Waals surface area contributed by atoms with Crippen LogP contribution in [-0.4, -0.2) is 10.7 Å². The minimum Gasteiger partial charge on any atom is -0.389 e. The average molecular weight is 403 g/mol. The fraction of sp³-hybridized carbons (Fsp3) is 1.00. The predicted molar refractivity (Wildman–Crippen MR) is 124 cm³/mol. The lowest BCUT2D eigenvalue weighted by Gasteiger charge is -2.65. The highest BCUT2D eigenvalue weighted by Crippen LogP contribution is 2.68. The Bertz CT molecular complexity index is 571. The van der Waals surface area contributed by atoms with Gasteiger partial charge < -0.3 is 5.11 Å². The Balaban J connectivity index is 1.58. The van der Waals surface area contributed by atoms with Crippen LogP contribution in [0.2, 0.25) is 0 Å². The smallest absolute Gasteiger partial charge is 0.0706 e. The summed E-state index contributed by atoms with van der Waals surface area (Å²) in [5.74, 6) is 5.30. The molecule has 0 bridgehead atoms. The largest absolute Gasteiger partial charge is 0.389 e. The molecule has 0 aromatic carbocycles. The topological polar surface area (TPSA) is 20.2 Å². The highest BCUT2D eigenvalue weighted by atomic mass is 16.3. The van der Waals surface area contributed by atoms with Gasteiger partial charge in [0.15, 0.2) is 0 Å². The summed E-state index contributed by atoms with van der Waals surface area (Å²) in [4.78, 5) is 0. The van der Waals surface area contributed by atoms with Gasteiger partial charge in [0.2, 0.25) is 0 Å².